The van der Waals surface area contributed by atoms with E-state index in [9.17, 15) is 0 Å². The van der Waals surface area contributed by atoms with Crippen LogP contribution in [0.1, 0.15) is 17.7 Å². The first-order valence-electron chi connectivity index (χ1n) is 3.56. The minimum Gasteiger partial charge on any atom is -0.149 e. The lowest BCUT2D eigenvalue weighted by atomic mass is 10.2. The van der Waals surface area contributed by atoms with E-state index in [1.54, 1.807) is 11.3 Å². The number of nitrogens with zero attached hydrogens (tertiary/aromatic N) is 1. The fourth-order valence-corrected chi connectivity index (χ4v) is 1.62. The molecule has 0 aromatic carbocycles. The van der Waals surface area contributed by atoms with Gasteiger partial charge < -0.3 is 0 Å². The molecule has 0 aliphatic heterocycles. The number of hydrogen-bond donors (Lipinski definition) is 0. The van der Waals surface area contributed by atoms with E-state index in [1.807, 2.05) is 0 Å². The van der Waals surface area contributed by atoms with Gasteiger partial charge in [-0.15, -0.1) is 17.1 Å². The quantitative estimate of drug-likeness (QED) is 0.591. The second kappa shape index (κ2) is 4.47. The maximum Gasteiger partial charge on any atom is 0.0321 e. The van der Waals surface area contributed by atoms with Gasteiger partial charge in [0.2, 0.25) is 0 Å². The second-order valence-electron chi connectivity index (χ2n) is 2.26. The van der Waals surface area contributed by atoms with Crippen LogP contribution in [-0.4, -0.2) is 6.54 Å². The minimum atomic E-state index is 0.325. The van der Waals surface area contributed by atoms with Gasteiger partial charge in [-0.3, -0.25) is 0 Å². The third-order valence-corrected chi connectivity index (χ3v) is 2.35. The summed E-state index contributed by atoms with van der Waals surface area (Å²) in [5, 5.41) is 2.09. The van der Waals surface area contributed by atoms with E-state index < -0.39 is 0 Å². The van der Waals surface area contributed by atoms with E-state index in [0.717, 1.165) is 19.3 Å². The van der Waals surface area contributed by atoms with E-state index in [2.05, 4.69) is 17.5 Å². The molecule has 2 heteroatoms. The normalized spacial score (nSPS) is 10.1. The van der Waals surface area contributed by atoms with Gasteiger partial charge in [0.15, 0.2) is 0 Å². The molecule has 10 heavy (non-hydrogen) atoms. The van der Waals surface area contributed by atoms with Gasteiger partial charge in [-0.1, -0.05) is 6.07 Å². The topological polar surface area (TPSA) is 22.3 Å². The maximum atomic E-state index is 8.50. The van der Waals surface area contributed by atoms with Gasteiger partial charge >= 0.3 is 0 Å². The molecule has 0 aliphatic carbocycles. The Morgan fingerprint density at radius 2 is 2.30 bits per heavy atom. The fourth-order valence-electron chi connectivity index (χ4n) is 0.866. The van der Waals surface area contributed by atoms with Crippen LogP contribution >= 0.6 is 11.3 Å². The Morgan fingerprint density at radius 1 is 1.40 bits per heavy atom. The Morgan fingerprint density at radius 3 is 2.90 bits per heavy atom. The summed E-state index contributed by atoms with van der Waals surface area (Å²) in [6.45, 7) is 0.325. The predicted octanol–water partition coefficient (Wildman–Crippen LogP) is 2.14. The van der Waals surface area contributed by atoms with Crippen LogP contribution in [0.2, 0.25) is 0 Å². The molecule has 1 aromatic heterocycles. The molecule has 54 valence electrons. The first-order chi connectivity index (χ1) is 4.93. The molecule has 1 aromatic rings. The molecule has 0 spiro atoms. The standard InChI is InChI=1S/C8H11NS/c9-6-2-1-4-8-5-3-7-10-8/h3,5,7H,1-2,4,6H2. The summed E-state index contributed by atoms with van der Waals surface area (Å²) >= 11 is 1.79. The Kier molecular flexibility index (Phi) is 3.47. The molecule has 0 unspecified atom stereocenters. The molecule has 1 rings (SSSR count). The molecule has 0 aliphatic rings. The van der Waals surface area contributed by atoms with E-state index in [1.165, 1.54) is 4.88 Å². The molecule has 0 amide bonds. The van der Waals surface area contributed by atoms with Crippen LogP contribution in [0.15, 0.2) is 17.5 Å². The largest absolute Gasteiger partial charge is 0.149 e. The summed E-state index contributed by atoms with van der Waals surface area (Å²) in [4.78, 5) is 1.42. The lowest BCUT2D eigenvalue weighted by Gasteiger charge is -1.92. The van der Waals surface area contributed by atoms with Crippen molar-refractivity contribution in [2.75, 3.05) is 6.54 Å². The van der Waals surface area contributed by atoms with Crippen LogP contribution in [0.5, 0.6) is 0 Å². The van der Waals surface area contributed by atoms with Gasteiger partial charge in [0.25, 0.3) is 0 Å². The number of rotatable bonds is 4. The lowest BCUT2D eigenvalue weighted by molar-refractivity contribution is 0.741. The number of hydrogen-bond acceptors (Lipinski definition) is 1. The van der Waals surface area contributed by atoms with Crippen LogP contribution in [0.3, 0.4) is 0 Å². The molecular weight excluding hydrogens is 142 g/mol. The van der Waals surface area contributed by atoms with Crippen LogP contribution < -0.4 is 5.73 Å². The fraction of sp³-hybridized carbons (Fsp3) is 0.500. The Labute approximate surface area is 65.9 Å². The van der Waals surface area contributed by atoms with Crippen molar-refractivity contribution in [3.05, 3.63) is 22.4 Å². The first-order valence-corrected chi connectivity index (χ1v) is 4.44. The van der Waals surface area contributed by atoms with Crippen molar-refractivity contribution in [1.82, 2.24) is 5.73 Å². The zero-order valence-corrected chi connectivity index (χ0v) is 6.73. The Hall–Kier alpha value is -0.340. The summed E-state index contributed by atoms with van der Waals surface area (Å²) in [5.41, 5.74) is 8.50. The summed E-state index contributed by atoms with van der Waals surface area (Å²) in [6, 6.07) is 4.21. The van der Waals surface area contributed by atoms with Crippen molar-refractivity contribution in [3.8, 4) is 0 Å². The lowest BCUT2D eigenvalue weighted by Crippen LogP contribution is -1.86. The zero-order chi connectivity index (χ0) is 7.23. The first kappa shape index (κ1) is 7.76. The van der Waals surface area contributed by atoms with E-state index in [0.29, 0.717) is 6.54 Å². The van der Waals surface area contributed by atoms with Crippen LogP contribution in [0.4, 0.5) is 0 Å². The van der Waals surface area contributed by atoms with Crippen LogP contribution in [0.25, 0.3) is 0 Å². The second-order valence-corrected chi connectivity index (χ2v) is 3.29. The molecule has 0 N–H and O–H groups in total. The molecule has 0 saturated carbocycles. The van der Waals surface area contributed by atoms with E-state index in [4.69, 9.17) is 5.73 Å². The Bertz CT molecular complexity index is 158. The molecular formula is C8H11NS. The number of thiophene rings is 1. The molecule has 0 saturated heterocycles. The molecule has 2 radical (unpaired) electrons. The van der Waals surface area contributed by atoms with Crippen molar-refractivity contribution >= 4 is 11.3 Å². The number of unbranched alkanes of at least 4 members (excludes halogenated alkanes) is 1. The average Bonchev–Trinajstić information content (AvgIpc) is 2.41. The summed E-state index contributed by atoms with van der Waals surface area (Å²) in [6.07, 6.45) is 3.16. The molecule has 1 nitrogen and oxygen atoms in total. The summed E-state index contributed by atoms with van der Waals surface area (Å²) in [7, 11) is 0. The van der Waals surface area contributed by atoms with Crippen LogP contribution in [0, 0.1) is 0 Å². The van der Waals surface area contributed by atoms with Gasteiger partial charge in [0.05, 0.1) is 0 Å². The highest BCUT2D eigenvalue weighted by Crippen LogP contribution is 2.11. The monoisotopic (exact) mass is 153 g/mol. The molecule has 0 atom stereocenters. The third-order valence-electron chi connectivity index (χ3n) is 1.41. The highest BCUT2D eigenvalue weighted by Gasteiger charge is 1.91. The third kappa shape index (κ3) is 2.50. The van der Waals surface area contributed by atoms with E-state index in [-0.39, 0.29) is 0 Å². The van der Waals surface area contributed by atoms with Crippen molar-refractivity contribution in [2.45, 2.75) is 19.3 Å². The highest BCUT2D eigenvalue weighted by atomic mass is 32.1. The molecule has 0 fully saturated rings. The van der Waals surface area contributed by atoms with E-state index >= 15 is 0 Å². The highest BCUT2D eigenvalue weighted by molar-refractivity contribution is 7.09. The maximum absolute atomic E-state index is 8.50. The van der Waals surface area contributed by atoms with Crippen LogP contribution in [-0.2, 0) is 6.42 Å². The SMILES string of the molecule is [N]CCCCc1cccs1. The smallest absolute Gasteiger partial charge is 0.0321 e. The predicted molar refractivity (Wildman–Crippen MR) is 44.3 cm³/mol. The van der Waals surface area contributed by atoms with Gasteiger partial charge in [-0.05, 0) is 30.7 Å². The number of aryl methyl sites for hydroxylation is 1. The van der Waals surface area contributed by atoms with Gasteiger partial charge in [0.1, 0.15) is 0 Å². The van der Waals surface area contributed by atoms with Crippen molar-refractivity contribution in [1.29, 1.82) is 0 Å². The summed E-state index contributed by atoms with van der Waals surface area (Å²) < 4.78 is 0. The minimum absolute atomic E-state index is 0.325. The van der Waals surface area contributed by atoms with Gasteiger partial charge in [-0.25, -0.2) is 0 Å². The van der Waals surface area contributed by atoms with Gasteiger partial charge in [-0.2, -0.15) is 0 Å². The molecule has 0 bridgehead atoms. The molecule has 1 heterocycles. The zero-order valence-electron chi connectivity index (χ0n) is 5.92. The van der Waals surface area contributed by atoms with Gasteiger partial charge in [0, 0.05) is 11.4 Å². The van der Waals surface area contributed by atoms with Crippen molar-refractivity contribution in [3.63, 3.8) is 0 Å². The Balaban J connectivity index is 2.15. The van der Waals surface area contributed by atoms with Crippen molar-refractivity contribution in [2.24, 2.45) is 0 Å². The van der Waals surface area contributed by atoms with Crippen molar-refractivity contribution < 1.29 is 0 Å². The average molecular weight is 153 g/mol. The summed E-state index contributed by atoms with van der Waals surface area (Å²) in [5.74, 6) is 0.